The van der Waals surface area contributed by atoms with E-state index in [0.717, 1.165) is 12.1 Å². The van der Waals surface area contributed by atoms with Crippen molar-refractivity contribution in [1.29, 1.82) is 0 Å². The van der Waals surface area contributed by atoms with E-state index in [9.17, 15) is 26.7 Å². The van der Waals surface area contributed by atoms with Gasteiger partial charge in [0.25, 0.3) is 0 Å². The second-order valence-corrected chi connectivity index (χ2v) is 7.79. The van der Waals surface area contributed by atoms with Gasteiger partial charge in [0.2, 0.25) is 11.7 Å². The first-order valence-corrected chi connectivity index (χ1v) is 10.3. The molecule has 184 valence electrons. The number of nitrogens with zero attached hydrogens (tertiary/aromatic N) is 5. The predicted molar refractivity (Wildman–Crippen MR) is 108 cm³/mol. The van der Waals surface area contributed by atoms with Crippen molar-refractivity contribution in [2.45, 2.75) is 25.4 Å². The molecule has 1 unspecified atom stereocenters. The molecule has 4 heterocycles. The number of alkyl halides is 3. The van der Waals surface area contributed by atoms with Gasteiger partial charge in [-0.1, -0.05) is 0 Å². The van der Waals surface area contributed by atoms with Crippen LogP contribution in [-0.2, 0) is 24.1 Å². The molecule has 0 amide bonds. The molecule has 3 aromatic rings. The smallest absolute Gasteiger partial charge is 0.451 e. The van der Waals surface area contributed by atoms with E-state index in [1.807, 2.05) is 4.90 Å². The summed E-state index contributed by atoms with van der Waals surface area (Å²) in [6.07, 6.45) is -3.45. The van der Waals surface area contributed by atoms with E-state index in [1.54, 1.807) is 6.07 Å². The van der Waals surface area contributed by atoms with Crippen molar-refractivity contribution in [3.8, 4) is 17.4 Å². The van der Waals surface area contributed by atoms with E-state index < -0.39 is 35.1 Å². The standard InChI is InChI=1S/C21H16F5N5O4/c22-14-3-11(4-15(23)18(14)35-13-6-27-19(28-7-13)21(24,25)26)9-34-16-5-17-30-1-2-33-10-12(30)8-31(17)20(32)29-16/h3-7,12H,1-2,8-10H2. The number of hydrogen-bond donors (Lipinski definition) is 0. The lowest BCUT2D eigenvalue weighted by molar-refractivity contribution is -0.145. The summed E-state index contributed by atoms with van der Waals surface area (Å²) in [7, 11) is 0. The van der Waals surface area contributed by atoms with Crippen LogP contribution in [0.25, 0.3) is 0 Å². The van der Waals surface area contributed by atoms with Gasteiger partial charge in [-0.05, 0) is 17.7 Å². The Bertz CT molecular complexity index is 1290. The number of anilines is 1. The van der Waals surface area contributed by atoms with Crippen LogP contribution in [0.1, 0.15) is 11.4 Å². The van der Waals surface area contributed by atoms with Crippen LogP contribution >= 0.6 is 0 Å². The summed E-state index contributed by atoms with van der Waals surface area (Å²) in [5.74, 6) is -4.26. The van der Waals surface area contributed by atoms with E-state index >= 15 is 0 Å². The van der Waals surface area contributed by atoms with Crippen molar-refractivity contribution in [3.05, 3.63) is 64.1 Å². The SMILES string of the molecule is O=c1nc(OCc2cc(F)c(Oc3cnc(C(F)(F)F)nc3)c(F)c2)cc2n1CC1COCCN21. The minimum absolute atomic E-state index is 0.00330. The predicted octanol–water partition coefficient (Wildman–Crippen LogP) is 2.92. The minimum atomic E-state index is -4.76. The van der Waals surface area contributed by atoms with Crippen molar-refractivity contribution in [3.63, 3.8) is 0 Å². The summed E-state index contributed by atoms with van der Waals surface area (Å²) in [6, 6.07) is 3.48. The molecule has 1 saturated heterocycles. The summed E-state index contributed by atoms with van der Waals surface area (Å²) in [5, 5.41) is 0. The molecular weight excluding hydrogens is 481 g/mol. The monoisotopic (exact) mass is 497 g/mol. The number of rotatable bonds is 5. The van der Waals surface area contributed by atoms with E-state index in [4.69, 9.17) is 14.2 Å². The van der Waals surface area contributed by atoms with Gasteiger partial charge < -0.3 is 19.1 Å². The third kappa shape index (κ3) is 4.60. The van der Waals surface area contributed by atoms with Crippen LogP contribution in [0, 0.1) is 11.6 Å². The van der Waals surface area contributed by atoms with Crippen LogP contribution < -0.4 is 20.1 Å². The lowest BCUT2D eigenvalue weighted by Crippen LogP contribution is -2.43. The molecule has 5 rings (SSSR count). The lowest BCUT2D eigenvalue weighted by Gasteiger charge is -2.30. The van der Waals surface area contributed by atoms with Crippen molar-refractivity contribution in [2.24, 2.45) is 0 Å². The van der Waals surface area contributed by atoms with Gasteiger partial charge in [-0.15, -0.1) is 0 Å². The Morgan fingerprint density at radius 3 is 2.51 bits per heavy atom. The first kappa shape index (κ1) is 23.0. The zero-order valence-electron chi connectivity index (χ0n) is 17.8. The van der Waals surface area contributed by atoms with Crippen LogP contribution in [0.3, 0.4) is 0 Å². The van der Waals surface area contributed by atoms with E-state index in [1.165, 1.54) is 4.57 Å². The highest BCUT2D eigenvalue weighted by Crippen LogP contribution is 2.31. The normalized spacial score (nSPS) is 17.2. The van der Waals surface area contributed by atoms with Crippen molar-refractivity contribution in [2.75, 3.05) is 24.7 Å². The zero-order chi connectivity index (χ0) is 24.7. The third-order valence-electron chi connectivity index (χ3n) is 5.43. The maximum atomic E-state index is 14.5. The van der Waals surface area contributed by atoms with Crippen LogP contribution in [-0.4, -0.2) is 45.3 Å². The Labute approximate surface area is 193 Å². The average molecular weight is 497 g/mol. The molecule has 0 spiro atoms. The number of fused-ring (bicyclic) bond motifs is 3. The number of hydrogen-bond acceptors (Lipinski definition) is 8. The van der Waals surface area contributed by atoms with Crippen molar-refractivity contribution >= 4 is 5.82 Å². The number of morpholine rings is 1. The van der Waals surface area contributed by atoms with Gasteiger partial charge in [-0.2, -0.15) is 18.2 Å². The first-order chi connectivity index (χ1) is 16.7. The molecule has 0 aliphatic carbocycles. The van der Waals surface area contributed by atoms with Gasteiger partial charge in [0.15, 0.2) is 23.1 Å². The summed E-state index contributed by atoms with van der Waals surface area (Å²) < 4.78 is 84.1. The van der Waals surface area contributed by atoms with Gasteiger partial charge in [-0.25, -0.2) is 23.5 Å². The fourth-order valence-electron chi connectivity index (χ4n) is 3.86. The summed E-state index contributed by atoms with van der Waals surface area (Å²) in [4.78, 5) is 24.4. The molecule has 1 atom stereocenters. The second kappa shape index (κ2) is 8.76. The van der Waals surface area contributed by atoms with Gasteiger partial charge in [-0.3, -0.25) is 4.57 Å². The maximum absolute atomic E-state index is 14.5. The molecule has 1 aromatic carbocycles. The summed E-state index contributed by atoms with van der Waals surface area (Å²) >= 11 is 0. The second-order valence-electron chi connectivity index (χ2n) is 7.79. The molecule has 2 aliphatic heterocycles. The number of benzene rings is 1. The number of halogens is 5. The van der Waals surface area contributed by atoms with Crippen LogP contribution in [0.5, 0.6) is 17.4 Å². The molecule has 14 heteroatoms. The zero-order valence-corrected chi connectivity index (χ0v) is 17.8. The number of ether oxygens (including phenoxy) is 3. The van der Waals surface area contributed by atoms with Gasteiger partial charge in [0.05, 0.1) is 38.2 Å². The third-order valence-corrected chi connectivity index (χ3v) is 5.43. The fraction of sp³-hybridized carbons (Fsp3) is 0.333. The van der Waals surface area contributed by atoms with E-state index in [2.05, 4.69) is 15.0 Å². The molecule has 2 aliphatic rings. The van der Waals surface area contributed by atoms with E-state index in [-0.39, 0.29) is 29.8 Å². The quantitative estimate of drug-likeness (QED) is 0.497. The molecule has 0 saturated carbocycles. The van der Waals surface area contributed by atoms with Crippen LogP contribution in [0.15, 0.2) is 35.4 Å². The largest absolute Gasteiger partial charge is 0.473 e. The summed E-state index contributed by atoms with van der Waals surface area (Å²) in [6.45, 7) is 1.76. The van der Waals surface area contributed by atoms with E-state index in [0.29, 0.717) is 44.5 Å². The fourth-order valence-corrected chi connectivity index (χ4v) is 3.86. The lowest BCUT2D eigenvalue weighted by atomic mass is 10.2. The molecule has 35 heavy (non-hydrogen) atoms. The first-order valence-electron chi connectivity index (χ1n) is 10.3. The Morgan fingerprint density at radius 2 is 1.83 bits per heavy atom. The maximum Gasteiger partial charge on any atom is 0.451 e. The van der Waals surface area contributed by atoms with Gasteiger partial charge >= 0.3 is 11.9 Å². The Hall–Kier alpha value is -3.81. The van der Waals surface area contributed by atoms with Crippen LogP contribution in [0.4, 0.5) is 27.8 Å². The van der Waals surface area contributed by atoms with Gasteiger partial charge in [0.1, 0.15) is 12.4 Å². The van der Waals surface area contributed by atoms with Crippen LogP contribution in [0.2, 0.25) is 0 Å². The molecule has 0 N–H and O–H groups in total. The average Bonchev–Trinajstić information content (AvgIpc) is 3.19. The highest BCUT2D eigenvalue weighted by atomic mass is 19.4. The molecule has 1 fully saturated rings. The summed E-state index contributed by atoms with van der Waals surface area (Å²) in [5.41, 5.74) is -0.436. The Morgan fingerprint density at radius 1 is 1.11 bits per heavy atom. The van der Waals surface area contributed by atoms with Gasteiger partial charge in [0, 0.05) is 12.6 Å². The van der Waals surface area contributed by atoms with Crippen molar-refractivity contribution in [1.82, 2.24) is 19.5 Å². The molecule has 2 aromatic heterocycles. The number of aromatic nitrogens is 4. The van der Waals surface area contributed by atoms with Crippen molar-refractivity contribution < 1.29 is 36.2 Å². The molecular formula is C21H16F5N5O4. The molecule has 0 bridgehead atoms. The highest BCUT2D eigenvalue weighted by Gasteiger charge is 2.35. The molecule has 9 nitrogen and oxygen atoms in total. The Kier molecular flexibility index (Phi) is 5.75. The topological polar surface area (TPSA) is 91.6 Å². The molecule has 0 radical (unpaired) electrons. The Balaban J connectivity index is 1.29. The minimum Gasteiger partial charge on any atom is -0.473 e. The highest BCUT2D eigenvalue weighted by molar-refractivity contribution is 5.47.